The molecule has 0 radical (unpaired) electrons. The van der Waals surface area contributed by atoms with Crippen molar-refractivity contribution in [3.8, 4) is 0 Å². The van der Waals surface area contributed by atoms with E-state index in [9.17, 15) is 4.79 Å². The van der Waals surface area contributed by atoms with Gasteiger partial charge < -0.3 is 15.4 Å². The molecule has 1 amide bonds. The minimum Gasteiger partial charge on any atom is -0.381 e. The van der Waals surface area contributed by atoms with Gasteiger partial charge in [-0.2, -0.15) is 0 Å². The molecular formula is C17H24N2O2. The van der Waals surface area contributed by atoms with E-state index in [1.165, 1.54) is 0 Å². The highest BCUT2D eigenvalue weighted by Gasteiger charge is 2.42. The molecular weight excluding hydrogens is 264 g/mol. The van der Waals surface area contributed by atoms with Crippen molar-refractivity contribution < 1.29 is 9.53 Å². The third kappa shape index (κ3) is 3.11. The number of ether oxygens (including phenoxy) is 1. The molecule has 21 heavy (non-hydrogen) atoms. The molecule has 4 heteroatoms. The van der Waals surface area contributed by atoms with E-state index in [-0.39, 0.29) is 5.91 Å². The van der Waals surface area contributed by atoms with Crippen LogP contribution < -0.4 is 5.73 Å². The SMILES string of the molecule is CC(N)(C(=O)N(CC1CCOC1)C1CC1)c1ccccc1. The fraction of sp³-hybridized carbons (Fsp3) is 0.588. The maximum Gasteiger partial charge on any atom is 0.247 e. The first kappa shape index (κ1) is 14.5. The van der Waals surface area contributed by atoms with Crippen molar-refractivity contribution >= 4 is 5.91 Å². The average molecular weight is 288 g/mol. The summed E-state index contributed by atoms with van der Waals surface area (Å²) in [7, 11) is 0. The van der Waals surface area contributed by atoms with E-state index in [4.69, 9.17) is 10.5 Å². The quantitative estimate of drug-likeness (QED) is 0.900. The normalized spacial score (nSPS) is 24.6. The highest BCUT2D eigenvalue weighted by Crippen LogP contribution is 2.32. The van der Waals surface area contributed by atoms with Crippen LogP contribution in [0.4, 0.5) is 0 Å². The Hall–Kier alpha value is -1.39. The molecule has 1 aliphatic heterocycles. The van der Waals surface area contributed by atoms with Crippen molar-refractivity contribution in [3.05, 3.63) is 35.9 Å². The van der Waals surface area contributed by atoms with Gasteiger partial charge in [0.05, 0.1) is 6.61 Å². The third-order valence-electron chi connectivity index (χ3n) is 4.55. The summed E-state index contributed by atoms with van der Waals surface area (Å²) in [5.41, 5.74) is 6.32. The van der Waals surface area contributed by atoms with Crippen molar-refractivity contribution in [1.82, 2.24) is 4.90 Å². The fourth-order valence-electron chi connectivity index (χ4n) is 3.00. The largest absolute Gasteiger partial charge is 0.381 e. The zero-order chi connectivity index (χ0) is 14.9. The average Bonchev–Trinajstić information content (AvgIpc) is 3.21. The fourth-order valence-corrected chi connectivity index (χ4v) is 3.00. The molecule has 1 aromatic carbocycles. The Labute approximate surface area is 126 Å². The Kier molecular flexibility index (Phi) is 4.00. The van der Waals surface area contributed by atoms with Gasteiger partial charge in [0.25, 0.3) is 0 Å². The van der Waals surface area contributed by atoms with Crippen LogP contribution in [0, 0.1) is 5.92 Å². The second-order valence-corrected chi connectivity index (χ2v) is 6.49. The van der Waals surface area contributed by atoms with E-state index in [0.29, 0.717) is 12.0 Å². The maximum atomic E-state index is 13.0. The van der Waals surface area contributed by atoms with Gasteiger partial charge in [-0.25, -0.2) is 0 Å². The van der Waals surface area contributed by atoms with Gasteiger partial charge in [-0.15, -0.1) is 0 Å². The van der Waals surface area contributed by atoms with Gasteiger partial charge in [0.2, 0.25) is 5.91 Å². The van der Waals surface area contributed by atoms with E-state index < -0.39 is 5.54 Å². The molecule has 1 saturated heterocycles. The number of carbonyl (C=O) groups excluding carboxylic acids is 1. The molecule has 1 aliphatic carbocycles. The minimum absolute atomic E-state index is 0.0445. The molecule has 4 nitrogen and oxygen atoms in total. The van der Waals surface area contributed by atoms with Crippen LogP contribution in [0.15, 0.2) is 30.3 Å². The number of amides is 1. The zero-order valence-electron chi connectivity index (χ0n) is 12.6. The van der Waals surface area contributed by atoms with Gasteiger partial charge in [0.1, 0.15) is 5.54 Å². The van der Waals surface area contributed by atoms with Gasteiger partial charge in [-0.3, -0.25) is 4.79 Å². The van der Waals surface area contributed by atoms with Gasteiger partial charge in [0.15, 0.2) is 0 Å². The van der Waals surface area contributed by atoms with Crippen LogP contribution in [0.25, 0.3) is 0 Å². The summed E-state index contributed by atoms with van der Waals surface area (Å²) >= 11 is 0. The second kappa shape index (κ2) is 5.78. The molecule has 2 unspecified atom stereocenters. The van der Waals surface area contributed by atoms with Gasteiger partial charge in [0, 0.05) is 25.1 Å². The number of hydrogen-bond acceptors (Lipinski definition) is 3. The van der Waals surface area contributed by atoms with Crippen LogP contribution in [0.5, 0.6) is 0 Å². The van der Waals surface area contributed by atoms with Crippen molar-refractivity contribution in [3.63, 3.8) is 0 Å². The summed E-state index contributed by atoms with van der Waals surface area (Å²) in [6.07, 6.45) is 3.25. The van der Waals surface area contributed by atoms with Crippen molar-refractivity contribution in [2.45, 2.75) is 37.8 Å². The van der Waals surface area contributed by atoms with Crippen LogP contribution in [0.3, 0.4) is 0 Å². The Balaban J connectivity index is 1.76. The number of nitrogens with two attached hydrogens (primary N) is 1. The summed E-state index contributed by atoms with van der Waals surface area (Å²) in [4.78, 5) is 15.0. The number of rotatable bonds is 5. The first-order valence-corrected chi connectivity index (χ1v) is 7.82. The molecule has 0 aromatic heterocycles. The lowest BCUT2D eigenvalue weighted by Gasteiger charge is -2.33. The number of benzene rings is 1. The standard InChI is InChI=1S/C17H24N2O2/c1-17(18,14-5-3-2-4-6-14)16(20)19(15-7-8-15)11-13-9-10-21-12-13/h2-6,13,15H,7-12,18H2,1H3. The molecule has 2 atom stereocenters. The lowest BCUT2D eigenvalue weighted by Crippen LogP contribution is -2.52. The van der Waals surface area contributed by atoms with Crippen LogP contribution in [0.1, 0.15) is 31.7 Å². The van der Waals surface area contributed by atoms with Gasteiger partial charge >= 0.3 is 0 Å². The molecule has 3 rings (SSSR count). The maximum absolute atomic E-state index is 13.0. The molecule has 1 saturated carbocycles. The molecule has 0 spiro atoms. The monoisotopic (exact) mass is 288 g/mol. The zero-order valence-corrected chi connectivity index (χ0v) is 12.6. The van der Waals surface area contributed by atoms with E-state index in [1.54, 1.807) is 0 Å². The second-order valence-electron chi connectivity index (χ2n) is 6.49. The molecule has 2 aliphatic rings. The van der Waals surface area contributed by atoms with E-state index >= 15 is 0 Å². The Morgan fingerprint density at radius 3 is 2.62 bits per heavy atom. The summed E-state index contributed by atoms with van der Waals surface area (Å²) in [5.74, 6) is 0.504. The Morgan fingerprint density at radius 2 is 2.05 bits per heavy atom. The van der Waals surface area contributed by atoms with Crippen LogP contribution >= 0.6 is 0 Å². The third-order valence-corrected chi connectivity index (χ3v) is 4.55. The summed E-state index contributed by atoms with van der Waals surface area (Å²) in [6, 6.07) is 10.0. The first-order valence-electron chi connectivity index (χ1n) is 7.82. The van der Waals surface area contributed by atoms with E-state index in [2.05, 4.69) is 0 Å². The molecule has 114 valence electrons. The van der Waals surface area contributed by atoms with Gasteiger partial charge in [-0.05, 0) is 31.7 Å². The van der Waals surface area contributed by atoms with E-state index in [0.717, 1.165) is 44.6 Å². The smallest absolute Gasteiger partial charge is 0.247 e. The lowest BCUT2D eigenvalue weighted by molar-refractivity contribution is -0.138. The summed E-state index contributed by atoms with van der Waals surface area (Å²) < 4.78 is 5.44. The van der Waals surface area contributed by atoms with Crippen LogP contribution in [0.2, 0.25) is 0 Å². The molecule has 2 fully saturated rings. The summed E-state index contributed by atoms with van der Waals surface area (Å²) in [6.45, 7) is 4.19. The van der Waals surface area contributed by atoms with E-state index in [1.807, 2.05) is 42.2 Å². The number of carbonyl (C=O) groups is 1. The van der Waals surface area contributed by atoms with Crippen LogP contribution in [-0.2, 0) is 15.1 Å². The van der Waals surface area contributed by atoms with Crippen molar-refractivity contribution in [2.24, 2.45) is 11.7 Å². The molecule has 1 aromatic rings. The summed E-state index contributed by atoms with van der Waals surface area (Å²) in [5, 5.41) is 0. The molecule has 2 N–H and O–H groups in total. The minimum atomic E-state index is -0.955. The number of hydrogen-bond donors (Lipinski definition) is 1. The lowest BCUT2D eigenvalue weighted by atomic mass is 9.91. The molecule has 1 heterocycles. The van der Waals surface area contributed by atoms with Crippen molar-refractivity contribution in [1.29, 1.82) is 0 Å². The van der Waals surface area contributed by atoms with Crippen LogP contribution in [-0.4, -0.2) is 36.6 Å². The highest BCUT2D eigenvalue weighted by molar-refractivity contribution is 5.87. The van der Waals surface area contributed by atoms with Gasteiger partial charge in [-0.1, -0.05) is 30.3 Å². The van der Waals surface area contributed by atoms with Crippen molar-refractivity contribution in [2.75, 3.05) is 19.8 Å². The predicted octanol–water partition coefficient (Wildman–Crippen LogP) is 1.89. The number of nitrogens with zero attached hydrogens (tertiary/aromatic N) is 1. The Morgan fingerprint density at radius 1 is 1.33 bits per heavy atom. The Bertz CT molecular complexity index is 491. The highest BCUT2D eigenvalue weighted by atomic mass is 16.5. The first-order chi connectivity index (χ1) is 10.1. The topological polar surface area (TPSA) is 55.6 Å². The molecule has 0 bridgehead atoms. The predicted molar refractivity (Wildman–Crippen MR) is 81.6 cm³/mol.